The van der Waals surface area contributed by atoms with Crippen molar-refractivity contribution in [3.63, 3.8) is 0 Å². The number of imidazole rings is 1. The molecule has 0 radical (unpaired) electrons. The molecule has 0 aliphatic heterocycles. The summed E-state index contributed by atoms with van der Waals surface area (Å²) in [6.07, 6.45) is 1.77. The van der Waals surface area contributed by atoms with Crippen LogP contribution in [0.3, 0.4) is 0 Å². The molecule has 8 heteroatoms. The van der Waals surface area contributed by atoms with Crippen molar-refractivity contribution in [2.75, 3.05) is 42.7 Å². The highest BCUT2D eigenvalue weighted by Gasteiger charge is 2.17. The smallest absolute Gasteiger partial charge is 0.203 e. The molecule has 0 bridgehead atoms. The molecule has 4 aromatic rings. The van der Waals surface area contributed by atoms with Gasteiger partial charge in [-0.2, -0.15) is 0 Å². The minimum Gasteiger partial charge on any atom is -0.493 e. The minimum absolute atomic E-state index is 0.534. The number of rotatable bonds is 8. The van der Waals surface area contributed by atoms with Crippen LogP contribution in [-0.2, 0) is 0 Å². The molecular weight excluding hydrogens is 424 g/mol. The molecule has 0 saturated heterocycles. The third kappa shape index (κ3) is 3.84. The molecule has 0 spiro atoms. The van der Waals surface area contributed by atoms with Crippen molar-refractivity contribution < 1.29 is 28.4 Å². The van der Waals surface area contributed by atoms with E-state index < -0.39 is 0 Å². The van der Waals surface area contributed by atoms with Gasteiger partial charge >= 0.3 is 0 Å². The van der Waals surface area contributed by atoms with Crippen molar-refractivity contribution in [2.24, 2.45) is 0 Å². The lowest BCUT2D eigenvalue weighted by atomic mass is 10.0. The zero-order chi connectivity index (χ0) is 23.5. The molecule has 1 aromatic heterocycles. The van der Waals surface area contributed by atoms with Gasteiger partial charge in [0, 0.05) is 12.1 Å². The van der Waals surface area contributed by atoms with Gasteiger partial charge in [0.1, 0.15) is 6.33 Å². The van der Waals surface area contributed by atoms with Crippen LogP contribution in [0.2, 0.25) is 0 Å². The van der Waals surface area contributed by atoms with Crippen molar-refractivity contribution in [3.8, 4) is 51.3 Å². The van der Waals surface area contributed by atoms with E-state index in [2.05, 4.69) is 11.1 Å². The lowest BCUT2D eigenvalue weighted by Gasteiger charge is -2.15. The molecule has 0 saturated carbocycles. The van der Waals surface area contributed by atoms with Crippen LogP contribution >= 0.6 is 0 Å². The zero-order valence-electron chi connectivity index (χ0n) is 19.5. The molecule has 33 heavy (non-hydrogen) atoms. The Labute approximate surface area is 192 Å². The van der Waals surface area contributed by atoms with E-state index in [1.807, 2.05) is 41.0 Å². The van der Waals surface area contributed by atoms with E-state index in [4.69, 9.17) is 28.4 Å². The van der Waals surface area contributed by atoms with Gasteiger partial charge in [0.05, 0.1) is 59.4 Å². The normalized spacial score (nSPS) is 10.7. The van der Waals surface area contributed by atoms with Gasteiger partial charge in [-0.3, -0.25) is 4.57 Å². The summed E-state index contributed by atoms with van der Waals surface area (Å²) in [5.74, 6) is 3.39. The number of methoxy groups -OCH3 is 6. The highest BCUT2D eigenvalue weighted by molar-refractivity contribution is 5.85. The predicted molar refractivity (Wildman–Crippen MR) is 126 cm³/mol. The van der Waals surface area contributed by atoms with Crippen LogP contribution in [0.1, 0.15) is 0 Å². The fourth-order valence-corrected chi connectivity index (χ4v) is 3.85. The van der Waals surface area contributed by atoms with E-state index in [1.54, 1.807) is 49.0 Å². The van der Waals surface area contributed by atoms with Crippen molar-refractivity contribution in [1.82, 2.24) is 9.55 Å². The van der Waals surface area contributed by atoms with E-state index in [0.29, 0.717) is 34.5 Å². The number of nitrogens with zero attached hydrogens (tertiary/aromatic N) is 2. The summed E-state index contributed by atoms with van der Waals surface area (Å²) in [7, 11) is 9.55. The maximum absolute atomic E-state index is 5.52. The van der Waals surface area contributed by atoms with Gasteiger partial charge in [-0.05, 0) is 35.4 Å². The number of fused-ring (bicyclic) bond motifs is 1. The monoisotopic (exact) mass is 450 g/mol. The third-order valence-corrected chi connectivity index (χ3v) is 5.47. The van der Waals surface area contributed by atoms with Gasteiger partial charge < -0.3 is 28.4 Å². The molecule has 172 valence electrons. The summed E-state index contributed by atoms with van der Waals surface area (Å²) in [6.45, 7) is 0. The lowest BCUT2D eigenvalue weighted by Crippen LogP contribution is -1.99. The number of aromatic nitrogens is 2. The first-order valence-electron chi connectivity index (χ1n) is 10.2. The maximum Gasteiger partial charge on any atom is 0.203 e. The highest BCUT2D eigenvalue weighted by atomic mass is 16.5. The van der Waals surface area contributed by atoms with E-state index in [1.165, 1.54) is 0 Å². The number of ether oxygens (including phenoxy) is 6. The van der Waals surface area contributed by atoms with Gasteiger partial charge in [0.25, 0.3) is 0 Å². The molecule has 0 N–H and O–H groups in total. The van der Waals surface area contributed by atoms with E-state index in [0.717, 1.165) is 27.8 Å². The summed E-state index contributed by atoms with van der Waals surface area (Å²) >= 11 is 0. The van der Waals surface area contributed by atoms with E-state index in [-0.39, 0.29) is 0 Å². The summed E-state index contributed by atoms with van der Waals surface area (Å²) in [4.78, 5) is 4.56. The van der Waals surface area contributed by atoms with Crippen LogP contribution < -0.4 is 28.4 Å². The van der Waals surface area contributed by atoms with E-state index in [9.17, 15) is 0 Å². The fraction of sp³-hybridized carbons (Fsp3) is 0.240. The van der Waals surface area contributed by atoms with Crippen LogP contribution in [0.25, 0.3) is 27.8 Å². The fourth-order valence-electron chi connectivity index (χ4n) is 3.85. The molecule has 8 nitrogen and oxygen atoms in total. The van der Waals surface area contributed by atoms with Gasteiger partial charge in [-0.1, -0.05) is 6.07 Å². The average molecular weight is 450 g/mol. The van der Waals surface area contributed by atoms with Crippen molar-refractivity contribution in [1.29, 1.82) is 0 Å². The van der Waals surface area contributed by atoms with Crippen LogP contribution in [0.15, 0.2) is 48.8 Å². The Morgan fingerprint density at radius 2 is 1.09 bits per heavy atom. The van der Waals surface area contributed by atoms with Crippen molar-refractivity contribution >= 4 is 11.0 Å². The van der Waals surface area contributed by atoms with Crippen LogP contribution in [0.5, 0.6) is 34.5 Å². The summed E-state index contributed by atoms with van der Waals surface area (Å²) in [6, 6.07) is 13.7. The summed E-state index contributed by atoms with van der Waals surface area (Å²) in [5.41, 5.74) is 4.48. The molecular formula is C25H26N2O6. The summed E-state index contributed by atoms with van der Waals surface area (Å²) in [5, 5.41) is 0. The lowest BCUT2D eigenvalue weighted by molar-refractivity contribution is 0.324. The van der Waals surface area contributed by atoms with Crippen molar-refractivity contribution in [2.45, 2.75) is 0 Å². The first kappa shape index (κ1) is 22.1. The second-order valence-electron chi connectivity index (χ2n) is 7.12. The Kier molecular flexibility index (Phi) is 6.17. The number of hydrogen-bond acceptors (Lipinski definition) is 7. The van der Waals surface area contributed by atoms with Gasteiger partial charge in [0.15, 0.2) is 23.0 Å². The van der Waals surface area contributed by atoms with Crippen LogP contribution in [-0.4, -0.2) is 52.2 Å². The topological polar surface area (TPSA) is 73.2 Å². The molecule has 4 rings (SSSR count). The Morgan fingerprint density at radius 1 is 0.576 bits per heavy atom. The molecule has 0 atom stereocenters. The second-order valence-corrected chi connectivity index (χ2v) is 7.12. The molecule has 0 unspecified atom stereocenters. The first-order chi connectivity index (χ1) is 16.1. The number of benzene rings is 3. The maximum atomic E-state index is 5.52. The highest BCUT2D eigenvalue weighted by Crippen LogP contribution is 2.42. The van der Waals surface area contributed by atoms with E-state index >= 15 is 0 Å². The average Bonchev–Trinajstić information content (AvgIpc) is 3.29. The van der Waals surface area contributed by atoms with Gasteiger partial charge in [-0.25, -0.2) is 4.98 Å². The van der Waals surface area contributed by atoms with Gasteiger partial charge in [-0.15, -0.1) is 0 Å². The largest absolute Gasteiger partial charge is 0.493 e. The molecule has 0 aliphatic carbocycles. The quantitative estimate of drug-likeness (QED) is 0.384. The standard InChI is InChI=1S/C25H26N2O6/c1-28-20-10-16(11-21(29-2)24(20)32-5)15-7-8-18-19(9-15)27(14-26-18)17-12-22(30-3)25(33-6)23(13-17)31-4/h7-14H,1-6H3. The molecule has 3 aromatic carbocycles. The minimum atomic E-state index is 0.534. The van der Waals surface area contributed by atoms with Crippen LogP contribution in [0.4, 0.5) is 0 Å². The first-order valence-corrected chi connectivity index (χ1v) is 10.2. The van der Waals surface area contributed by atoms with Crippen molar-refractivity contribution in [3.05, 3.63) is 48.8 Å². The zero-order valence-corrected chi connectivity index (χ0v) is 19.5. The molecule has 0 amide bonds. The third-order valence-electron chi connectivity index (χ3n) is 5.47. The Balaban J connectivity index is 1.88. The molecule has 0 aliphatic rings. The van der Waals surface area contributed by atoms with Crippen LogP contribution in [0, 0.1) is 0 Å². The molecule has 0 fully saturated rings. The number of hydrogen-bond donors (Lipinski definition) is 0. The SMILES string of the molecule is COc1cc(-c2ccc3ncn(-c4cc(OC)c(OC)c(OC)c4)c3c2)cc(OC)c1OC. The molecule has 1 heterocycles. The Hall–Kier alpha value is -4.07. The second kappa shape index (κ2) is 9.20. The summed E-state index contributed by atoms with van der Waals surface area (Å²) < 4.78 is 34.9. The Morgan fingerprint density at radius 3 is 1.58 bits per heavy atom. The Bertz CT molecular complexity index is 1250. The predicted octanol–water partition coefficient (Wildman–Crippen LogP) is 4.74. The van der Waals surface area contributed by atoms with Gasteiger partial charge in [0.2, 0.25) is 11.5 Å².